The fraction of sp³-hybridized carbons (Fsp3) is 0.406. The standard InChI is InChI=1S/C32H39N3O11S2/c1-22-13-15-25-27(19-22)45-30(35(25)18-7-5-9-29(36)33-21-23(2)47(39,40)41)10-8-11-31-34(17-6-3-4-12-32(37)38)26-16-14-24(48(42,43)44)20-28(26)46-31/h8,10-11,13-16,19-20,23H,3-7,9,12,17-18,21H2,1-2H3,(H3-,33,36,37,38,39,40,41,42,43,44)/p+1. The maximum absolute atomic E-state index is 12.2. The number of carbonyl (C=O) groups is 2. The number of hydrogen-bond donors (Lipinski definition) is 4. The molecular formula is C32H40N3O11S2+. The molecule has 2 heterocycles. The molecule has 2 aromatic carbocycles. The Balaban J connectivity index is 1.49. The summed E-state index contributed by atoms with van der Waals surface area (Å²) < 4.78 is 78.5. The highest BCUT2D eigenvalue weighted by Crippen LogP contribution is 2.40. The van der Waals surface area contributed by atoms with Crippen LogP contribution in [0.1, 0.15) is 63.3 Å². The van der Waals surface area contributed by atoms with Crippen LogP contribution < -0.4 is 19.5 Å². The maximum atomic E-state index is 12.2. The van der Waals surface area contributed by atoms with E-state index in [2.05, 4.69) is 5.32 Å². The molecule has 4 rings (SSSR count). The predicted molar refractivity (Wildman–Crippen MR) is 176 cm³/mol. The van der Waals surface area contributed by atoms with E-state index in [0.29, 0.717) is 68.2 Å². The molecule has 16 heteroatoms. The van der Waals surface area contributed by atoms with Crippen molar-refractivity contribution in [3.05, 3.63) is 65.9 Å². The first-order chi connectivity index (χ1) is 22.6. The monoisotopic (exact) mass is 706 g/mol. The first-order valence-corrected chi connectivity index (χ1v) is 18.4. The Labute approximate surface area is 279 Å². The average molecular weight is 707 g/mol. The summed E-state index contributed by atoms with van der Waals surface area (Å²) in [5.74, 6) is 0.00649. The number of fused-ring (bicyclic) bond motifs is 2. The number of carboxylic acid groups (broad SMARTS) is 1. The van der Waals surface area contributed by atoms with E-state index in [-0.39, 0.29) is 35.9 Å². The van der Waals surface area contributed by atoms with Crippen molar-refractivity contribution in [2.24, 2.45) is 0 Å². The van der Waals surface area contributed by atoms with Crippen LogP contribution in [0.15, 0.2) is 63.7 Å². The first kappa shape index (κ1) is 36.6. The van der Waals surface area contributed by atoms with Crippen LogP contribution >= 0.6 is 0 Å². The minimum atomic E-state index is -4.45. The van der Waals surface area contributed by atoms with Gasteiger partial charge in [0.2, 0.25) is 17.4 Å². The van der Waals surface area contributed by atoms with Crippen molar-refractivity contribution in [1.29, 1.82) is 0 Å². The molecule has 0 fully saturated rings. The molecule has 0 aliphatic carbocycles. The van der Waals surface area contributed by atoms with Gasteiger partial charge in [-0.3, -0.25) is 18.7 Å². The highest BCUT2D eigenvalue weighted by atomic mass is 32.2. The van der Waals surface area contributed by atoms with Crippen molar-refractivity contribution in [2.45, 2.75) is 75.5 Å². The van der Waals surface area contributed by atoms with Gasteiger partial charge in [0.05, 0.1) is 16.7 Å². The average Bonchev–Trinajstić information content (AvgIpc) is 3.52. The number of ether oxygens (including phenoxy) is 1. The number of unbranched alkanes of at least 4 members (excludes halogenated alkanes) is 3. The van der Waals surface area contributed by atoms with Crippen LogP contribution in [0.25, 0.3) is 17.2 Å². The van der Waals surface area contributed by atoms with Gasteiger partial charge in [-0.15, -0.1) is 0 Å². The number of aryl methyl sites for hydroxylation is 2. The van der Waals surface area contributed by atoms with Gasteiger partial charge in [0.15, 0.2) is 12.3 Å². The summed E-state index contributed by atoms with van der Waals surface area (Å²) in [6.45, 7) is 4.07. The van der Waals surface area contributed by atoms with E-state index in [1.165, 1.54) is 19.1 Å². The normalized spacial score (nSPS) is 14.8. The second-order valence-electron chi connectivity index (χ2n) is 11.6. The first-order valence-electron chi connectivity index (χ1n) is 15.5. The van der Waals surface area contributed by atoms with Crippen LogP contribution in [0.5, 0.6) is 5.75 Å². The van der Waals surface area contributed by atoms with Crippen molar-refractivity contribution in [3.8, 4) is 5.75 Å². The van der Waals surface area contributed by atoms with Gasteiger partial charge >= 0.3 is 11.9 Å². The molecule has 1 unspecified atom stereocenters. The van der Waals surface area contributed by atoms with Crippen LogP contribution in [0.4, 0.5) is 5.69 Å². The number of carboxylic acids is 1. The van der Waals surface area contributed by atoms with Gasteiger partial charge in [0.1, 0.15) is 5.25 Å². The zero-order valence-electron chi connectivity index (χ0n) is 26.7. The molecule has 0 radical (unpaired) electrons. The summed E-state index contributed by atoms with van der Waals surface area (Å²) in [5.41, 5.74) is 3.14. The Morgan fingerprint density at radius 1 is 1.00 bits per heavy atom. The molecule has 260 valence electrons. The third kappa shape index (κ3) is 9.88. The number of oxazole rings is 1. The van der Waals surface area contributed by atoms with Crippen molar-refractivity contribution in [1.82, 2.24) is 5.32 Å². The smallest absolute Gasteiger partial charge is 0.374 e. The molecule has 0 bridgehead atoms. The Morgan fingerprint density at radius 3 is 2.46 bits per heavy atom. The highest BCUT2D eigenvalue weighted by Gasteiger charge is 2.28. The molecule has 3 aromatic rings. The van der Waals surface area contributed by atoms with Crippen LogP contribution in [0, 0.1) is 6.92 Å². The molecule has 4 N–H and O–H groups in total. The summed E-state index contributed by atoms with van der Waals surface area (Å²) in [5, 5.41) is 10.4. The Bertz CT molecular complexity index is 1930. The number of aliphatic carboxylic acids is 1. The predicted octanol–water partition coefficient (Wildman–Crippen LogP) is 4.24. The Kier molecular flexibility index (Phi) is 12.0. The van der Waals surface area contributed by atoms with Crippen molar-refractivity contribution < 1.29 is 54.4 Å². The number of amides is 1. The number of anilines is 1. The molecule has 0 saturated carbocycles. The fourth-order valence-corrected chi connectivity index (χ4v) is 5.90. The van der Waals surface area contributed by atoms with Gasteiger partial charge in [-0.2, -0.15) is 21.4 Å². The van der Waals surface area contributed by atoms with Gasteiger partial charge in [-0.05, 0) is 69.0 Å². The molecule has 1 atom stereocenters. The zero-order chi connectivity index (χ0) is 35.1. The van der Waals surface area contributed by atoms with E-state index in [1.54, 1.807) is 24.3 Å². The molecule has 0 spiro atoms. The number of rotatable bonds is 17. The molecule has 48 heavy (non-hydrogen) atoms. The molecule has 1 aliphatic heterocycles. The summed E-state index contributed by atoms with van der Waals surface area (Å²) in [7, 11) is -8.67. The quantitative estimate of drug-likeness (QED) is 0.0884. The summed E-state index contributed by atoms with van der Waals surface area (Å²) in [6.07, 6.45) is 8.38. The van der Waals surface area contributed by atoms with Crippen LogP contribution in [0.3, 0.4) is 0 Å². The minimum absolute atomic E-state index is 0.0663. The van der Waals surface area contributed by atoms with E-state index >= 15 is 0 Å². The maximum Gasteiger partial charge on any atom is 0.374 e. The molecule has 1 amide bonds. The molecular weight excluding hydrogens is 666 g/mol. The van der Waals surface area contributed by atoms with E-state index < -0.39 is 31.5 Å². The lowest BCUT2D eigenvalue weighted by molar-refractivity contribution is -0.678. The highest BCUT2D eigenvalue weighted by molar-refractivity contribution is 7.86. The summed E-state index contributed by atoms with van der Waals surface area (Å²) in [6, 6.07) is 9.91. The number of hydrogen-bond acceptors (Lipinski definition) is 9. The zero-order valence-corrected chi connectivity index (χ0v) is 28.3. The van der Waals surface area contributed by atoms with Crippen LogP contribution in [0.2, 0.25) is 0 Å². The van der Waals surface area contributed by atoms with Crippen molar-refractivity contribution in [2.75, 3.05) is 18.0 Å². The summed E-state index contributed by atoms with van der Waals surface area (Å²) >= 11 is 0. The largest absolute Gasteiger partial charge is 0.481 e. The lowest BCUT2D eigenvalue weighted by atomic mass is 10.2. The van der Waals surface area contributed by atoms with E-state index in [9.17, 15) is 31.0 Å². The second-order valence-corrected chi connectivity index (χ2v) is 14.8. The van der Waals surface area contributed by atoms with Gasteiger partial charge in [-0.1, -0.05) is 12.5 Å². The third-order valence-electron chi connectivity index (χ3n) is 7.77. The lowest BCUT2D eigenvalue weighted by Gasteiger charge is -2.18. The summed E-state index contributed by atoms with van der Waals surface area (Å²) in [4.78, 5) is 24.6. The number of nitrogens with one attached hydrogen (secondary N) is 1. The van der Waals surface area contributed by atoms with E-state index in [1.807, 2.05) is 34.6 Å². The minimum Gasteiger partial charge on any atom is -0.481 e. The number of allylic oxidation sites excluding steroid dienone is 2. The second kappa shape index (κ2) is 15.8. The molecule has 1 aromatic heterocycles. The molecule has 14 nitrogen and oxygen atoms in total. The Hall–Kier alpha value is -4.25. The van der Waals surface area contributed by atoms with Crippen molar-refractivity contribution >= 4 is 55.0 Å². The van der Waals surface area contributed by atoms with Gasteiger partial charge in [0.25, 0.3) is 25.8 Å². The number of benzene rings is 2. The van der Waals surface area contributed by atoms with E-state index in [0.717, 1.165) is 11.1 Å². The fourth-order valence-electron chi connectivity index (χ4n) is 5.11. The van der Waals surface area contributed by atoms with Crippen LogP contribution in [-0.4, -0.2) is 61.3 Å². The van der Waals surface area contributed by atoms with Gasteiger partial charge < -0.3 is 24.5 Å². The third-order valence-corrected chi connectivity index (χ3v) is 9.80. The number of nitrogens with zero attached hydrogens (tertiary/aromatic N) is 2. The van der Waals surface area contributed by atoms with Crippen LogP contribution in [-0.2, 0) is 36.4 Å². The number of aromatic nitrogens is 1. The molecule has 0 saturated heterocycles. The Morgan fingerprint density at radius 2 is 1.75 bits per heavy atom. The topological polar surface area (TPSA) is 205 Å². The lowest BCUT2D eigenvalue weighted by Crippen LogP contribution is -2.36. The SMILES string of the molecule is Cc1ccc2c(c1)oc(C=CC=C1Oc3cc(S(=O)(=O)O)ccc3N1CCCCCC(=O)O)[n+]2CCCCC(=O)NCC(C)S(=O)(=O)O. The number of carbonyl (C=O) groups excluding carboxylic acids is 1. The van der Waals surface area contributed by atoms with E-state index in [4.69, 9.17) is 18.8 Å². The van der Waals surface area contributed by atoms with Crippen molar-refractivity contribution in [3.63, 3.8) is 0 Å². The van der Waals surface area contributed by atoms with Gasteiger partial charge in [-0.25, -0.2) is 0 Å². The van der Waals surface area contributed by atoms with Gasteiger partial charge in [0, 0.05) is 44.5 Å². The molecule has 1 aliphatic rings.